The highest BCUT2D eigenvalue weighted by Gasteiger charge is 2.27. The van der Waals surface area contributed by atoms with Crippen molar-refractivity contribution in [3.05, 3.63) is 80.7 Å². The fourth-order valence-electron chi connectivity index (χ4n) is 3.72. The monoisotopic (exact) mass is 584 g/mol. The van der Waals surface area contributed by atoms with Crippen LogP contribution < -0.4 is 19.9 Å². The van der Waals surface area contributed by atoms with Gasteiger partial charge in [0.25, 0.3) is 0 Å². The van der Waals surface area contributed by atoms with Gasteiger partial charge in [-0.25, -0.2) is 4.79 Å². The fraction of sp³-hybridized carbons (Fsp3) is 0.308. The van der Waals surface area contributed by atoms with E-state index < -0.39 is 18.7 Å². The number of nitrogens with two attached hydrogens (primary N) is 1. The average molecular weight is 585 g/mol. The number of pyridine rings is 1. The predicted molar refractivity (Wildman–Crippen MR) is 141 cm³/mol. The molecule has 4 rings (SSSR count). The molecule has 1 aliphatic rings. The Balaban J connectivity index is 1.69. The van der Waals surface area contributed by atoms with Crippen LogP contribution in [0.1, 0.15) is 40.4 Å². The molecule has 0 aliphatic heterocycles. The molecule has 0 amide bonds. The van der Waals surface area contributed by atoms with Crippen molar-refractivity contribution >= 4 is 46.6 Å². The summed E-state index contributed by atoms with van der Waals surface area (Å²) in [7, 11) is 0. The lowest BCUT2D eigenvalue weighted by molar-refractivity contribution is -0.605. The largest absolute Gasteiger partial charge is 0.619 e. The normalized spacial score (nSPS) is 13.8. The third-order valence-corrected chi connectivity index (χ3v) is 7.35. The molecule has 38 heavy (non-hydrogen) atoms. The molecule has 2 aromatic carbocycles. The highest BCUT2D eigenvalue weighted by molar-refractivity contribution is 7.98. The Labute approximate surface area is 232 Å². The van der Waals surface area contributed by atoms with E-state index in [-0.39, 0.29) is 33.5 Å². The number of thioether (sulfide) groups is 1. The van der Waals surface area contributed by atoms with Gasteiger partial charge in [-0.3, -0.25) is 0 Å². The van der Waals surface area contributed by atoms with Gasteiger partial charge in [0.1, 0.15) is 16.1 Å². The summed E-state index contributed by atoms with van der Waals surface area (Å²) < 4.78 is 42.8. The average Bonchev–Trinajstić information content (AvgIpc) is 3.69. The van der Waals surface area contributed by atoms with Crippen LogP contribution >= 0.6 is 35.0 Å². The van der Waals surface area contributed by atoms with Crippen molar-refractivity contribution in [2.45, 2.75) is 36.9 Å². The second-order valence-corrected chi connectivity index (χ2v) is 10.3. The summed E-state index contributed by atoms with van der Waals surface area (Å²) in [4.78, 5) is 14.0. The van der Waals surface area contributed by atoms with Crippen LogP contribution in [0.3, 0.4) is 0 Å². The van der Waals surface area contributed by atoms with Crippen molar-refractivity contribution in [1.29, 1.82) is 0 Å². The first-order valence-corrected chi connectivity index (χ1v) is 13.6. The number of alkyl halides is 2. The Morgan fingerprint density at radius 3 is 2.47 bits per heavy atom. The van der Waals surface area contributed by atoms with Gasteiger partial charge in [0.05, 0.1) is 12.2 Å². The highest BCUT2D eigenvalue weighted by Crippen LogP contribution is 2.38. The summed E-state index contributed by atoms with van der Waals surface area (Å²) in [6.07, 6.45) is 5.12. The van der Waals surface area contributed by atoms with Crippen molar-refractivity contribution in [2.24, 2.45) is 5.92 Å². The third kappa shape index (κ3) is 7.12. The van der Waals surface area contributed by atoms with Crippen LogP contribution in [0, 0.1) is 11.1 Å². The van der Waals surface area contributed by atoms with Gasteiger partial charge in [0.15, 0.2) is 23.9 Å². The molecule has 1 aromatic heterocycles. The number of rotatable bonds is 11. The summed E-state index contributed by atoms with van der Waals surface area (Å²) in [6, 6.07) is 9.12. The Bertz CT molecular complexity index is 1300. The van der Waals surface area contributed by atoms with Gasteiger partial charge in [0.2, 0.25) is 0 Å². The second kappa shape index (κ2) is 12.3. The number of carbonyl (C=O) groups excluding carboxylic acids is 1. The van der Waals surface area contributed by atoms with Gasteiger partial charge in [-0.1, -0.05) is 29.3 Å². The molecule has 0 spiro atoms. The zero-order chi connectivity index (χ0) is 27.4. The van der Waals surface area contributed by atoms with Gasteiger partial charge in [-0.2, -0.15) is 13.5 Å². The van der Waals surface area contributed by atoms with E-state index in [9.17, 15) is 18.8 Å². The van der Waals surface area contributed by atoms with Crippen LogP contribution in [0.5, 0.6) is 11.5 Å². The summed E-state index contributed by atoms with van der Waals surface area (Å²) >= 11 is 14.0. The topological polar surface area (TPSA) is 97.7 Å². The van der Waals surface area contributed by atoms with Crippen molar-refractivity contribution in [2.75, 3.05) is 18.6 Å². The molecule has 202 valence electrons. The van der Waals surface area contributed by atoms with Crippen LogP contribution in [0.25, 0.3) is 0 Å². The zero-order valence-corrected chi connectivity index (χ0v) is 22.5. The minimum atomic E-state index is -3.05. The summed E-state index contributed by atoms with van der Waals surface area (Å²) in [5.74, 6) is -0.378. The number of hydrogen-bond donors (Lipinski definition) is 1. The van der Waals surface area contributed by atoms with Gasteiger partial charge < -0.3 is 25.2 Å². The maximum Gasteiger partial charge on any atom is 0.387 e. The van der Waals surface area contributed by atoms with E-state index >= 15 is 0 Å². The molecule has 1 aliphatic carbocycles. The number of nitrogen functional groups attached to an aromatic ring is 1. The molecule has 1 saturated carbocycles. The van der Waals surface area contributed by atoms with Crippen molar-refractivity contribution in [1.82, 2.24) is 0 Å². The van der Waals surface area contributed by atoms with E-state index in [1.807, 2.05) is 6.26 Å². The summed E-state index contributed by atoms with van der Waals surface area (Å²) in [5, 5.41) is 11.9. The molecule has 1 heterocycles. The second-order valence-electron chi connectivity index (χ2n) is 8.69. The van der Waals surface area contributed by atoms with Crippen LogP contribution in [0.4, 0.5) is 14.5 Å². The number of carbonyl (C=O) groups is 1. The number of hydrogen-bond acceptors (Lipinski definition) is 7. The first-order valence-electron chi connectivity index (χ1n) is 11.6. The van der Waals surface area contributed by atoms with Crippen LogP contribution in [-0.4, -0.2) is 25.4 Å². The van der Waals surface area contributed by atoms with E-state index in [0.29, 0.717) is 34.1 Å². The highest BCUT2D eigenvalue weighted by atomic mass is 35.5. The van der Waals surface area contributed by atoms with Crippen molar-refractivity contribution in [3.8, 4) is 11.5 Å². The van der Waals surface area contributed by atoms with Gasteiger partial charge in [0, 0.05) is 22.6 Å². The van der Waals surface area contributed by atoms with E-state index in [4.69, 9.17) is 38.4 Å². The smallest absolute Gasteiger partial charge is 0.387 e. The molecule has 1 atom stereocenters. The van der Waals surface area contributed by atoms with Gasteiger partial charge >= 0.3 is 12.6 Å². The van der Waals surface area contributed by atoms with Crippen LogP contribution in [-0.2, 0) is 11.2 Å². The number of halogens is 4. The lowest BCUT2D eigenvalue weighted by Crippen LogP contribution is -2.25. The van der Waals surface area contributed by atoms with Crippen LogP contribution in [0.15, 0.2) is 53.7 Å². The maximum atomic E-state index is 13.2. The standard InChI is InChI=1S/C26H24Cl2F2N2O5S/c1-38-24-7-5-16(8-20(24)31)25(33)36-22(10-17-18(27)11-32(34)12-19(17)28)15-4-6-21(37-26(29)30)23(9-15)35-13-14-2-3-14/h4-9,11-12,14,22,26H,2-3,10,13,31H2,1H3/t22-/m0/s1. The number of aromatic nitrogens is 1. The zero-order valence-electron chi connectivity index (χ0n) is 20.2. The number of nitrogens with zero attached hydrogens (tertiary/aromatic N) is 1. The molecular weight excluding hydrogens is 561 g/mol. The Hall–Kier alpha value is -2.95. The third-order valence-electron chi connectivity index (χ3n) is 5.89. The van der Waals surface area contributed by atoms with Crippen LogP contribution in [0.2, 0.25) is 10.0 Å². The fourth-order valence-corrected chi connectivity index (χ4v) is 4.82. The predicted octanol–water partition coefficient (Wildman–Crippen LogP) is 6.46. The van der Waals surface area contributed by atoms with E-state index in [1.54, 1.807) is 12.1 Å². The van der Waals surface area contributed by atoms with E-state index in [2.05, 4.69) is 4.74 Å². The minimum Gasteiger partial charge on any atom is -0.619 e. The lowest BCUT2D eigenvalue weighted by Gasteiger charge is -2.21. The molecule has 0 saturated heterocycles. The Morgan fingerprint density at radius 2 is 1.87 bits per heavy atom. The minimum absolute atomic E-state index is 0.0141. The quantitative estimate of drug-likeness (QED) is 0.0907. The maximum absolute atomic E-state index is 13.2. The number of esters is 1. The van der Waals surface area contributed by atoms with Crippen molar-refractivity contribution < 1.29 is 32.5 Å². The summed E-state index contributed by atoms with van der Waals surface area (Å²) in [5.41, 5.74) is 7.46. The Kier molecular flexibility index (Phi) is 9.07. The van der Waals surface area contributed by atoms with E-state index in [0.717, 1.165) is 30.1 Å². The van der Waals surface area contributed by atoms with E-state index in [1.165, 1.54) is 36.0 Å². The van der Waals surface area contributed by atoms with Gasteiger partial charge in [-0.05, 0) is 60.9 Å². The van der Waals surface area contributed by atoms with Gasteiger partial charge in [-0.15, -0.1) is 11.8 Å². The molecule has 3 aromatic rings. The molecule has 0 unspecified atom stereocenters. The van der Waals surface area contributed by atoms with Crippen molar-refractivity contribution in [3.63, 3.8) is 0 Å². The first kappa shape index (κ1) is 28.1. The molecule has 2 N–H and O–H groups in total. The first-order chi connectivity index (χ1) is 18.1. The Morgan fingerprint density at radius 1 is 1.16 bits per heavy atom. The molecule has 7 nitrogen and oxygen atoms in total. The molecule has 1 fully saturated rings. The molecule has 0 bridgehead atoms. The SMILES string of the molecule is CSc1ccc(C(=O)O[C@@H](Cc2c(Cl)c[n+]([O-])cc2Cl)c2ccc(OC(F)F)c(OCC3CC3)c2)cc1N. The number of anilines is 1. The molecule has 12 heteroatoms. The number of benzene rings is 2. The molecular formula is C26H24Cl2F2N2O5S. The summed E-state index contributed by atoms with van der Waals surface area (Å²) in [6.45, 7) is -2.71. The molecule has 0 radical (unpaired) electrons. The lowest BCUT2D eigenvalue weighted by atomic mass is 10.0. The number of ether oxygens (including phenoxy) is 3.